The third kappa shape index (κ3) is 3.50. The van der Waals surface area contributed by atoms with Gasteiger partial charge in [0.05, 0.1) is 20.8 Å². The zero-order valence-corrected chi connectivity index (χ0v) is 13.8. The molecule has 0 bridgehead atoms. The Bertz CT molecular complexity index is 726. The fraction of sp³-hybridized carbons (Fsp3) is 0.316. The van der Waals surface area contributed by atoms with E-state index in [4.69, 9.17) is 9.47 Å². The van der Waals surface area contributed by atoms with Crippen LogP contribution in [0, 0.1) is 11.7 Å². The molecule has 126 valence electrons. The fourth-order valence-electron chi connectivity index (χ4n) is 2.62. The molecule has 2 aromatic rings. The molecule has 3 rings (SSSR count). The summed E-state index contributed by atoms with van der Waals surface area (Å²) in [5.74, 6) is 1.17. The summed E-state index contributed by atoms with van der Waals surface area (Å²) in [7, 11) is 3.18. The molecule has 0 radical (unpaired) electrons. The third-order valence-corrected chi connectivity index (χ3v) is 4.15. The Morgan fingerprint density at radius 1 is 1.12 bits per heavy atom. The van der Waals surface area contributed by atoms with E-state index >= 15 is 0 Å². The van der Waals surface area contributed by atoms with Crippen molar-refractivity contribution in [3.63, 3.8) is 0 Å². The van der Waals surface area contributed by atoms with Gasteiger partial charge < -0.3 is 14.4 Å². The molecule has 24 heavy (non-hydrogen) atoms. The van der Waals surface area contributed by atoms with Crippen LogP contribution in [0.25, 0.3) is 0 Å². The molecule has 0 heterocycles. The number of amides is 1. The second kappa shape index (κ2) is 6.91. The van der Waals surface area contributed by atoms with Crippen molar-refractivity contribution in [2.75, 3.05) is 19.1 Å². The van der Waals surface area contributed by atoms with Crippen molar-refractivity contribution in [2.24, 2.45) is 5.92 Å². The van der Waals surface area contributed by atoms with Gasteiger partial charge in [-0.3, -0.25) is 4.79 Å². The van der Waals surface area contributed by atoms with E-state index in [2.05, 4.69) is 0 Å². The molecular formula is C19H20FNO3. The van der Waals surface area contributed by atoms with Gasteiger partial charge in [0.1, 0.15) is 17.3 Å². The van der Waals surface area contributed by atoms with Crippen LogP contribution in [0.2, 0.25) is 0 Å². The summed E-state index contributed by atoms with van der Waals surface area (Å²) in [6.07, 6.45) is 1.83. The number of benzene rings is 2. The van der Waals surface area contributed by atoms with E-state index in [0.29, 0.717) is 23.7 Å². The maximum absolute atomic E-state index is 13.2. The molecule has 0 aromatic heterocycles. The van der Waals surface area contributed by atoms with Crippen molar-refractivity contribution >= 4 is 11.6 Å². The summed E-state index contributed by atoms with van der Waals surface area (Å²) >= 11 is 0. The summed E-state index contributed by atoms with van der Waals surface area (Å²) in [6, 6.07) is 11.5. The van der Waals surface area contributed by atoms with Crippen LogP contribution >= 0.6 is 0 Å². The van der Waals surface area contributed by atoms with Gasteiger partial charge in [-0.05, 0) is 49.2 Å². The topological polar surface area (TPSA) is 38.8 Å². The molecule has 1 saturated carbocycles. The van der Waals surface area contributed by atoms with Gasteiger partial charge in [0.25, 0.3) is 0 Å². The number of methoxy groups -OCH3 is 2. The monoisotopic (exact) mass is 329 g/mol. The Balaban J connectivity index is 1.91. The van der Waals surface area contributed by atoms with E-state index in [-0.39, 0.29) is 17.6 Å². The fourth-order valence-corrected chi connectivity index (χ4v) is 2.62. The van der Waals surface area contributed by atoms with E-state index in [1.54, 1.807) is 37.3 Å². The Labute approximate surface area is 140 Å². The number of nitrogens with zero attached hydrogens (tertiary/aromatic N) is 1. The Morgan fingerprint density at radius 3 is 2.42 bits per heavy atom. The van der Waals surface area contributed by atoms with Crippen LogP contribution in [-0.2, 0) is 11.3 Å². The minimum absolute atomic E-state index is 0.0688. The first-order valence-corrected chi connectivity index (χ1v) is 7.90. The molecule has 0 N–H and O–H groups in total. The van der Waals surface area contributed by atoms with Gasteiger partial charge in [-0.1, -0.05) is 0 Å². The average Bonchev–Trinajstić information content (AvgIpc) is 3.45. The summed E-state index contributed by atoms with van der Waals surface area (Å²) in [5.41, 5.74) is 1.56. The third-order valence-electron chi connectivity index (χ3n) is 4.15. The predicted molar refractivity (Wildman–Crippen MR) is 89.9 cm³/mol. The van der Waals surface area contributed by atoms with Gasteiger partial charge in [-0.2, -0.15) is 0 Å². The second-order valence-electron chi connectivity index (χ2n) is 5.85. The molecule has 0 atom stereocenters. The molecule has 2 aromatic carbocycles. The zero-order chi connectivity index (χ0) is 17.1. The first-order chi connectivity index (χ1) is 11.6. The molecule has 1 aliphatic rings. The Kier molecular flexibility index (Phi) is 4.69. The first-order valence-electron chi connectivity index (χ1n) is 7.90. The number of anilines is 1. The van der Waals surface area contributed by atoms with E-state index in [1.165, 1.54) is 12.1 Å². The van der Waals surface area contributed by atoms with E-state index in [9.17, 15) is 9.18 Å². The summed E-state index contributed by atoms with van der Waals surface area (Å²) in [5, 5.41) is 0. The van der Waals surface area contributed by atoms with Crippen LogP contribution in [0.15, 0.2) is 42.5 Å². The van der Waals surface area contributed by atoms with Crippen molar-refractivity contribution < 1.29 is 18.7 Å². The molecule has 1 amide bonds. The maximum atomic E-state index is 13.2. The molecule has 0 saturated heterocycles. The predicted octanol–water partition coefficient (Wildman–Crippen LogP) is 3.79. The number of ether oxygens (including phenoxy) is 2. The number of hydrogen-bond acceptors (Lipinski definition) is 3. The lowest BCUT2D eigenvalue weighted by molar-refractivity contribution is -0.119. The van der Waals surface area contributed by atoms with Gasteiger partial charge in [0, 0.05) is 23.2 Å². The largest absolute Gasteiger partial charge is 0.497 e. The highest BCUT2D eigenvalue weighted by Crippen LogP contribution is 2.35. The summed E-state index contributed by atoms with van der Waals surface area (Å²) < 4.78 is 23.8. The summed E-state index contributed by atoms with van der Waals surface area (Å²) in [6.45, 7) is 0.369. The van der Waals surface area contributed by atoms with Crippen molar-refractivity contribution in [1.29, 1.82) is 0 Å². The number of halogens is 1. The van der Waals surface area contributed by atoms with Crippen LogP contribution in [0.5, 0.6) is 11.5 Å². The SMILES string of the molecule is COc1ccc(CN(C(=O)C2CC2)c2ccc(F)cc2)c(OC)c1. The van der Waals surface area contributed by atoms with Gasteiger partial charge in [-0.25, -0.2) is 4.39 Å². The Morgan fingerprint density at radius 2 is 1.83 bits per heavy atom. The zero-order valence-electron chi connectivity index (χ0n) is 13.8. The van der Waals surface area contributed by atoms with Crippen molar-refractivity contribution in [3.05, 3.63) is 53.8 Å². The number of carbonyl (C=O) groups excluding carboxylic acids is 1. The van der Waals surface area contributed by atoms with Crippen LogP contribution in [0.4, 0.5) is 10.1 Å². The normalized spacial score (nSPS) is 13.5. The van der Waals surface area contributed by atoms with Gasteiger partial charge >= 0.3 is 0 Å². The average molecular weight is 329 g/mol. The standard InChI is InChI=1S/C19H20FNO3/c1-23-17-10-5-14(18(11-17)24-2)12-21(19(22)13-3-4-13)16-8-6-15(20)7-9-16/h5-11,13H,3-4,12H2,1-2H3. The minimum atomic E-state index is -0.320. The van der Waals surface area contributed by atoms with Crippen molar-refractivity contribution in [1.82, 2.24) is 0 Å². The minimum Gasteiger partial charge on any atom is -0.497 e. The molecule has 4 nitrogen and oxygen atoms in total. The molecule has 5 heteroatoms. The lowest BCUT2D eigenvalue weighted by Crippen LogP contribution is -2.31. The maximum Gasteiger partial charge on any atom is 0.230 e. The molecule has 0 spiro atoms. The van der Waals surface area contributed by atoms with Gasteiger partial charge in [-0.15, -0.1) is 0 Å². The van der Waals surface area contributed by atoms with Crippen LogP contribution < -0.4 is 14.4 Å². The van der Waals surface area contributed by atoms with Crippen LogP contribution in [0.3, 0.4) is 0 Å². The highest BCUT2D eigenvalue weighted by atomic mass is 19.1. The highest BCUT2D eigenvalue weighted by molar-refractivity contribution is 5.96. The number of hydrogen-bond donors (Lipinski definition) is 0. The van der Waals surface area contributed by atoms with Gasteiger partial charge in [0.2, 0.25) is 5.91 Å². The molecule has 1 aliphatic carbocycles. The Hall–Kier alpha value is -2.56. The van der Waals surface area contributed by atoms with E-state index < -0.39 is 0 Å². The number of carbonyl (C=O) groups is 1. The highest BCUT2D eigenvalue weighted by Gasteiger charge is 2.34. The summed E-state index contributed by atoms with van der Waals surface area (Å²) in [4.78, 5) is 14.4. The van der Waals surface area contributed by atoms with E-state index in [0.717, 1.165) is 18.4 Å². The molecular weight excluding hydrogens is 309 g/mol. The number of rotatable bonds is 6. The first kappa shape index (κ1) is 16.3. The second-order valence-corrected chi connectivity index (χ2v) is 5.85. The van der Waals surface area contributed by atoms with E-state index in [1.807, 2.05) is 12.1 Å². The quantitative estimate of drug-likeness (QED) is 0.809. The molecule has 1 fully saturated rings. The van der Waals surface area contributed by atoms with Crippen molar-refractivity contribution in [3.8, 4) is 11.5 Å². The van der Waals surface area contributed by atoms with Crippen LogP contribution in [0.1, 0.15) is 18.4 Å². The smallest absolute Gasteiger partial charge is 0.230 e. The van der Waals surface area contributed by atoms with Gasteiger partial charge in [0.15, 0.2) is 0 Å². The lowest BCUT2D eigenvalue weighted by Gasteiger charge is -2.24. The van der Waals surface area contributed by atoms with Crippen LogP contribution in [-0.4, -0.2) is 20.1 Å². The van der Waals surface area contributed by atoms with Crippen molar-refractivity contribution in [2.45, 2.75) is 19.4 Å². The molecule has 0 unspecified atom stereocenters. The molecule has 0 aliphatic heterocycles. The lowest BCUT2D eigenvalue weighted by atomic mass is 10.1.